The number of carbonyl (C=O) groups is 2. The van der Waals surface area contributed by atoms with Gasteiger partial charge in [-0.15, -0.1) is 0 Å². The van der Waals surface area contributed by atoms with Gasteiger partial charge in [-0.25, -0.2) is 13.2 Å². The second-order valence-corrected chi connectivity index (χ2v) is 8.17. The van der Waals surface area contributed by atoms with Crippen LogP contribution in [0, 0.1) is 13.8 Å². The molecule has 0 aromatic heterocycles. The molecule has 1 amide bonds. The van der Waals surface area contributed by atoms with Gasteiger partial charge in [-0.2, -0.15) is 0 Å². The third kappa shape index (κ3) is 6.26. The van der Waals surface area contributed by atoms with Crippen LogP contribution in [0.1, 0.15) is 21.5 Å². The number of esters is 1. The second kappa shape index (κ2) is 8.41. The quantitative estimate of drug-likeness (QED) is 0.712. The van der Waals surface area contributed by atoms with Crippen molar-refractivity contribution in [1.82, 2.24) is 0 Å². The third-order valence-corrected chi connectivity index (χ3v) is 4.34. The Kier molecular flexibility index (Phi) is 6.45. The fourth-order valence-electron chi connectivity index (χ4n) is 2.39. The van der Waals surface area contributed by atoms with Gasteiger partial charge in [0.2, 0.25) is 10.0 Å². The average Bonchev–Trinajstić information content (AvgIpc) is 2.54. The third-order valence-electron chi connectivity index (χ3n) is 3.43. The van der Waals surface area contributed by atoms with Gasteiger partial charge in [0, 0.05) is 5.69 Å². The highest BCUT2D eigenvalue weighted by Crippen LogP contribution is 2.27. The molecule has 2 aromatic carbocycles. The number of amides is 1. The molecule has 7 nitrogen and oxygen atoms in total. The fraction of sp³-hybridized carbons (Fsp3) is 0.222. The van der Waals surface area contributed by atoms with Crippen LogP contribution < -0.4 is 10.0 Å². The molecule has 144 valence electrons. The van der Waals surface area contributed by atoms with Gasteiger partial charge in [-0.05, 0) is 49.2 Å². The molecule has 0 saturated carbocycles. The highest BCUT2D eigenvalue weighted by atomic mass is 35.5. The van der Waals surface area contributed by atoms with E-state index in [-0.39, 0.29) is 11.3 Å². The van der Waals surface area contributed by atoms with Crippen molar-refractivity contribution in [2.24, 2.45) is 0 Å². The molecule has 27 heavy (non-hydrogen) atoms. The number of sulfonamides is 1. The Morgan fingerprint density at radius 3 is 2.48 bits per heavy atom. The van der Waals surface area contributed by atoms with E-state index in [0.717, 1.165) is 17.4 Å². The number of anilines is 2. The first-order valence-corrected chi connectivity index (χ1v) is 10.1. The maximum absolute atomic E-state index is 12.1. The molecule has 0 heterocycles. The van der Waals surface area contributed by atoms with Crippen LogP contribution in [0.5, 0.6) is 0 Å². The number of halogens is 1. The molecular formula is C18H19ClN2O5S. The molecular weight excluding hydrogens is 392 g/mol. The summed E-state index contributed by atoms with van der Waals surface area (Å²) in [7, 11) is -3.47. The molecule has 0 spiro atoms. The molecule has 2 aromatic rings. The van der Waals surface area contributed by atoms with E-state index in [2.05, 4.69) is 10.0 Å². The lowest BCUT2D eigenvalue weighted by Crippen LogP contribution is -2.21. The highest BCUT2D eigenvalue weighted by molar-refractivity contribution is 7.92. The summed E-state index contributed by atoms with van der Waals surface area (Å²) in [5.41, 5.74) is 2.55. The van der Waals surface area contributed by atoms with Crippen molar-refractivity contribution < 1.29 is 22.7 Å². The lowest BCUT2D eigenvalue weighted by Gasteiger charge is -2.12. The minimum Gasteiger partial charge on any atom is -0.452 e. The second-order valence-electron chi connectivity index (χ2n) is 6.02. The fourth-order valence-corrected chi connectivity index (χ4v) is 3.31. The lowest BCUT2D eigenvalue weighted by atomic mass is 10.1. The van der Waals surface area contributed by atoms with Crippen molar-refractivity contribution in [3.8, 4) is 0 Å². The molecule has 9 heteroatoms. The Hall–Kier alpha value is -2.58. The van der Waals surface area contributed by atoms with Crippen LogP contribution >= 0.6 is 11.6 Å². The van der Waals surface area contributed by atoms with Crippen LogP contribution in [0.2, 0.25) is 5.02 Å². The number of ether oxygens (including phenoxy) is 1. The van der Waals surface area contributed by atoms with E-state index < -0.39 is 28.5 Å². The van der Waals surface area contributed by atoms with Crippen molar-refractivity contribution in [1.29, 1.82) is 0 Å². The summed E-state index contributed by atoms with van der Waals surface area (Å²) in [5.74, 6) is -1.29. The number of rotatable bonds is 6. The zero-order valence-electron chi connectivity index (χ0n) is 15.0. The summed E-state index contributed by atoms with van der Waals surface area (Å²) < 4.78 is 29.8. The van der Waals surface area contributed by atoms with E-state index in [4.69, 9.17) is 16.3 Å². The Bertz CT molecular complexity index is 966. The molecule has 0 radical (unpaired) electrons. The molecule has 2 N–H and O–H groups in total. The Labute approximate surface area is 162 Å². The largest absolute Gasteiger partial charge is 0.452 e. The first-order chi connectivity index (χ1) is 12.5. The zero-order chi connectivity index (χ0) is 20.2. The Balaban J connectivity index is 1.99. The van der Waals surface area contributed by atoms with E-state index >= 15 is 0 Å². The van der Waals surface area contributed by atoms with Crippen molar-refractivity contribution in [2.75, 3.05) is 22.9 Å². The van der Waals surface area contributed by atoms with Gasteiger partial charge in [0.1, 0.15) is 0 Å². The maximum Gasteiger partial charge on any atom is 0.338 e. The van der Waals surface area contributed by atoms with E-state index in [1.54, 1.807) is 13.0 Å². The molecule has 0 fully saturated rings. The van der Waals surface area contributed by atoms with Crippen molar-refractivity contribution in [3.05, 3.63) is 58.1 Å². The van der Waals surface area contributed by atoms with Gasteiger partial charge in [-0.1, -0.05) is 23.7 Å². The summed E-state index contributed by atoms with van der Waals surface area (Å²) in [6, 6.07) is 9.35. The van der Waals surface area contributed by atoms with Crippen LogP contribution in [0.4, 0.5) is 11.4 Å². The Morgan fingerprint density at radius 2 is 1.85 bits per heavy atom. The number of hydrogen-bond acceptors (Lipinski definition) is 5. The van der Waals surface area contributed by atoms with Crippen LogP contribution in [0.3, 0.4) is 0 Å². The van der Waals surface area contributed by atoms with Crippen LogP contribution in [0.15, 0.2) is 36.4 Å². The molecule has 0 unspecified atom stereocenters. The predicted octanol–water partition coefficient (Wildman–Crippen LogP) is 3.12. The number of aryl methyl sites for hydroxylation is 2. The molecule has 0 aliphatic rings. The van der Waals surface area contributed by atoms with Crippen LogP contribution in [-0.4, -0.2) is 33.2 Å². The molecule has 0 aliphatic carbocycles. The SMILES string of the molecule is Cc1cc(C)c(NC(=O)COC(=O)c2cccc(NS(C)(=O)=O)c2)c(Cl)c1. The van der Waals surface area contributed by atoms with Gasteiger partial charge in [-0.3, -0.25) is 9.52 Å². The van der Waals surface area contributed by atoms with Gasteiger partial charge in [0.15, 0.2) is 6.61 Å². The standard InChI is InChI=1S/C18H19ClN2O5S/c1-11-7-12(2)17(15(19)8-11)20-16(22)10-26-18(23)13-5-4-6-14(9-13)21-27(3,24)25/h4-9,21H,10H2,1-3H3,(H,20,22). The number of nitrogens with one attached hydrogen (secondary N) is 2. The molecule has 0 atom stereocenters. The summed E-state index contributed by atoms with van der Waals surface area (Å²) in [5, 5.41) is 3.01. The van der Waals surface area contributed by atoms with Crippen molar-refractivity contribution in [3.63, 3.8) is 0 Å². The maximum atomic E-state index is 12.1. The van der Waals surface area contributed by atoms with Crippen molar-refractivity contribution in [2.45, 2.75) is 13.8 Å². The van der Waals surface area contributed by atoms with E-state index in [9.17, 15) is 18.0 Å². The van der Waals surface area contributed by atoms with E-state index in [1.807, 2.05) is 13.0 Å². The minimum absolute atomic E-state index is 0.112. The molecule has 2 rings (SSSR count). The summed E-state index contributed by atoms with van der Waals surface area (Å²) in [6.07, 6.45) is 1.00. The normalized spacial score (nSPS) is 11.0. The summed E-state index contributed by atoms with van der Waals surface area (Å²) >= 11 is 6.13. The first kappa shape index (κ1) is 20.7. The number of benzene rings is 2. The smallest absolute Gasteiger partial charge is 0.338 e. The minimum atomic E-state index is -3.47. The molecule has 0 saturated heterocycles. The van der Waals surface area contributed by atoms with Crippen LogP contribution in [0.25, 0.3) is 0 Å². The van der Waals surface area contributed by atoms with Crippen molar-refractivity contribution >= 4 is 44.9 Å². The first-order valence-electron chi connectivity index (χ1n) is 7.87. The lowest BCUT2D eigenvalue weighted by molar-refractivity contribution is -0.119. The van der Waals surface area contributed by atoms with Crippen LogP contribution in [-0.2, 0) is 19.6 Å². The predicted molar refractivity (Wildman–Crippen MR) is 105 cm³/mol. The van der Waals surface area contributed by atoms with E-state index in [1.165, 1.54) is 24.3 Å². The number of hydrogen-bond donors (Lipinski definition) is 2. The van der Waals surface area contributed by atoms with Gasteiger partial charge < -0.3 is 10.1 Å². The molecule has 0 aliphatic heterocycles. The van der Waals surface area contributed by atoms with Gasteiger partial charge in [0.05, 0.1) is 22.5 Å². The number of carbonyl (C=O) groups excluding carboxylic acids is 2. The zero-order valence-corrected chi connectivity index (χ0v) is 16.6. The summed E-state index contributed by atoms with van der Waals surface area (Å²) in [6.45, 7) is 3.19. The Morgan fingerprint density at radius 1 is 1.15 bits per heavy atom. The summed E-state index contributed by atoms with van der Waals surface area (Å²) in [4.78, 5) is 24.1. The molecule has 0 bridgehead atoms. The monoisotopic (exact) mass is 410 g/mol. The topological polar surface area (TPSA) is 102 Å². The van der Waals surface area contributed by atoms with Gasteiger partial charge >= 0.3 is 5.97 Å². The van der Waals surface area contributed by atoms with E-state index in [0.29, 0.717) is 10.7 Å². The van der Waals surface area contributed by atoms with Gasteiger partial charge in [0.25, 0.3) is 5.91 Å². The highest BCUT2D eigenvalue weighted by Gasteiger charge is 2.14. The average molecular weight is 411 g/mol.